The van der Waals surface area contributed by atoms with Gasteiger partial charge in [-0.25, -0.2) is 9.37 Å². The molecule has 0 aliphatic carbocycles. The fourth-order valence-electron chi connectivity index (χ4n) is 1.73. The zero-order valence-corrected chi connectivity index (χ0v) is 11.2. The van der Waals surface area contributed by atoms with Crippen molar-refractivity contribution in [2.45, 2.75) is 13.0 Å². The molecule has 6 nitrogen and oxygen atoms in total. The van der Waals surface area contributed by atoms with Gasteiger partial charge >= 0.3 is 0 Å². The number of nitro benzene ring substituents is 1. The molecule has 0 saturated carbocycles. The van der Waals surface area contributed by atoms with Crippen LogP contribution >= 0.6 is 11.6 Å². The van der Waals surface area contributed by atoms with Crippen LogP contribution in [-0.2, 0) is 6.54 Å². The van der Waals surface area contributed by atoms with E-state index in [1.807, 2.05) is 10.8 Å². The molecule has 0 radical (unpaired) electrons. The van der Waals surface area contributed by atoms with Crippen molar-refractivity contribution in [2.75, 3.05) is 11.9 Å². The van der Waals surface area contributed by atoms with Crippen molar-refractivity contribution < 1.29 is 9.31 Å². The molecule has 0 saturated heterocycles. The Labute approximate surface area is 119 Å². The second-order valence-corrected chi connectivity index (χ2v) is 4.53. The van der Waals surface area contributed by atoms with Crippen LogP contribution in [-0.4, -0.2) is 21.0 Å². The lowest BCUT2D eigenvalue weighted by Gasteiger charge is -2.08. The number of rotatable bonds is 6. The van der Waals surface area contributed by atoms with Crippen LogP contribution in [0, 0.1) is 15.9 Å². The topological polar surface area (TPSA) is 73.0 Å². The molecule has 0 unspecified atom stereocenters. The van der Waals surface area contributed by atoms with Gasteiger partial charge in [0.15, 0.2) is 0 Å². The molecule has 1 aromatic heterocycles. The third-order valence-corrected chi connectivity index (χ3v) is 2.99. The zero-order chi connectivity index (χ0) is 14.5. The predicted molar refractivity (Wildman–Crippen MR) is 73.4 cm³/mol. The second kappa shape index (κ2) is 6.33. The number of nitro groups is 1. The Morgan fingerprint density at radius 1 is 1.50 bits per heavy atom. The van der Waals surface area contributed by atoms with Crippen molar-refractivity contribution in [2.24, 2.45) is 0 Å². The third kappa shape index (κ3) is 3.45. The number of nitrogens with zero attached hydrogens (tertiary/aromatic N) is 3. The summed E-state index contributed by atoms with van der Waals surface area (Å²) in [5.74, 6) is -0.803. The summed E-state index contributed by atoms with van der Waals surface area (Å²) in [7, 11) is 0. The first-order valence-corrected chi connectivity index (χ1v) is 6.29. The summed E-state index contributed by atoms with van der Waals surface area (Å²) >= 11 is 5.63. The van der Waals surface area contributed by atoms with Gasteiger partial charge < -0.3 is 9.88 Å². The van der Waals surface area contributed by atoms with E-state index in [4.69, 9.17) is 11.6 Å². The summed E-state index contributed by atoms with van der Waals surface area (Å²) in [6.45, 7) is 1.23. The van der Waals surface area contributed by atoms with E-state index >= 15 is 0 Å². The molecule has 1 aromatic carbocycles. The molecule has 0 aliphatic heterocycles. The maximum atomic E-state index is 13.2. The highest BCUT2D eigenvalue weighted by molar-refractivity contribution is 6.31. The molecule has 106 valence electrons. The first kappa shape index (κ1) is 14.3. The van der Waals surface area contributed by atoms with Crippen molar-refractivity contribution in [1.82, 2.24) is 9.55 Å². The molecule has 1 N–H and O–H groups in total. The van der Waals surface area contributed by atoms with Crippen molar-refractivity contribution in [3.63, 3.8) is 0 Å². The van der Waals surface area contributed by atoms with Gasteiger partial charge in [0.2, 0.25) is 0 Å². The molecule has 0 bridgehead atoms. The fraction of sp³-hybridized carbons (Fsp3) is 0.250. The average Bonchev–Trinajstić information content (AvgIpc) is 2.91. The highest BCUT2D eigenvalue weighted by atomic mass is 35.5. The summed E-state index contributed by atoms with van der Waals surface area (Å²) in [4.78, 5) is 14.1. The van der Waals surface area contributed by atoms with Crippen LogP contribution in [0.1, 0.15) is 6.42 Å². The molecule has 8 heteroatoms. The van der Waals surface area contributed by atoms with E-state index in [0.717, 1.165) is 19.0 Å². The van der Waals surface area contributed by atoms with Crippen LogP contribution in [0.15, 0.2) is 30.9 Å². The Balaban J connectivity index is 1.98. The lowest BCUT2D eigenvalue weighted by Crippen LogP contribution is -2.07. The van der Waals surface area contributed by atoms with Gasteiger partial charge in [-0.05, 0) is 12.5 Å². The third-order valence-electron chi connectivity index (χ3n) is 2.70. The number of halogens is 2. The van der Waals surface area contributed by atoms with E-state index in [1.54, 1.807) is 12.5 Å². The largest absolute Gasteiger partial charge is 0.379 e. The van der Waals surface area contributed by atoms with Gasteiger partial charge in [-0.2, -0.15) is 0 Å². The van der Waals surface area contributed by atoms with Gasteiger partial charge in [-0.15, -0.1) is 0 Å². The number of aromatic nitrogens is 2. The van der Waals surface area contributed by atoms with Crippen LogP contribution in [0.3, 0.4) is 0 Å². The van der Waals surface area contributed by atoms with Crippen molar-refractivity contribution >= 4 is 23.0 Å². The molecule has 2 rings (SSSR count). The molecule has 0 amide bonds. The van der Waals surface area contributed by atoms with Crippen LogP contribution in [0.4, 0.5) is 15.8 Å². The normalized spacial score (nSPS) is 10.5. The van der Waals surface area contributed by atoms with Gasteiger partial charge in [0.25, 0.3) is 5.69 Å². The SMILES string of the molecule is O=[N+]([O-])c1cc(F)c(Cl)cc1NCCCn1ccnc1. The van der Waals surface area contributed by atoms with Crippen molar-refractivity contribution in [1.29, 1.82) is 0 Å². The highest BCUT2D eigenvalue weighted by Gasteiger charge is 2.17. The van der Waals surface area contributed by atoms with Gasteiger partial charge in [0, 0.05) is 25.5 Å². The van der Waals surface area contributed by atoms with E-state index in [9.17, 15) is 14.5 Å². The summed E-state index contributed by atoms with van der Waals surface area (Å²) in [6, 6.07) is 2.05. The number of hydrogen-bond donors (Lipinski definition) is 1. The minimum atomic E-state index is -0.803. The number of aryl methyl sites for hydroxylation is 1. The second-order valence-electron chi connectivity index (χ2n) is 4.12. The number of anilines is 1. The van der Waals surface area contributed by atoms with E-state index in [1.165, 1.54) is 6.07 Å². The molecular weight excluding hydrogens is 287 g/mol. The average molecular weight is 299 g/mol. The Bertz CT molecular complexity index is 604. The summed E-state index contributed by atoms with van der Waals surface area (Å²) in [5.41, 5.74) is -0.110. The summed E-state index contributed by atoms with van der Waals surface area (Å²) in [5, 5.41) is 13.6. The van der Waals surface area contributed by atoms with Crippen LogP contribution in [0.25, 0.3) is 0 Å². The molecule has 0 aliphatic rings. The van der Waals surface area contributed by atoms with Crippen LogP contribution < -0.4 is 5.32 Å². The first-order chi connectivity index (χ1) is 9.58. The summed E-state index contributed by atoms with van der Waals surface area (Å²) in [6.07, 6.45) is 5.94. The van der Waals surface area contributed by atoms with E-state index in [0.29, 0.717) is 6.54 Å². The minimum absolute atomic E-state index is 0.146. The van der Waals surface area contributed by atoms with Crippen molar-refractivity contribution in [3.05, 3.63) is 51.8 Å². The molecular formula is C12H12ClFN4O2. The van der Waals surface area contributed by atoms with Crippen molar-refractivity contribution in [3.8, 4) is 0 Å². The van der Waals surface area contributed by atoms with E-state index in [-0.39, 0.29) is 16.4 Å². The van der Waals surface area contributed by atoms with Crippen LogP contribution in [0.2, 0.25) is 5.02 Å². The lowest BCUT2D eigenvalue weighted by molar-refractivity contribution is -0.384. The van der Waals surface area contributed by atoms with Crippen LogP contribution in [0.5, 0.6) is 0 Å². The van der Waals surface area contributed by atoms with Gasteiger partial charge in [-0.3, -0.25) is 10.1 Å². The van der Waals surface area contributed by atoms with E-state index < -0.39 is 10.7 Å². The molecule has 0 atom stereocenters. The maximum absolute atomic E-state index is 13.2. The smallest absolute Gasteiger partial charge is 0.295 e. The highest BCUT2D eigenvalue weighted by Crippen LogP contribution is 2.30. The number of nitrogens with one attached hydrogen (secondary N) is 1. The minimum Gasteiger partial charge on any atom is -0.379 e. The van der Waals surface area contributed by atoms with Gasteiger partial charge in [0.1, 0.15) is 11.5 Å². The summed E-state index contributed by atoms with van der Waals surface area (Å²) < 4.78 is 15.1. The Kier molecular flexibility index (Phi) is 4.52. The fourth-order valence-corrected chi connectivity index (χ4v) is 1.90. The molecule has 0 fully saturated rings. The number of hydrogen-bond acceptors (Lipinski definition) is 4. The van der Waals surface area contributed by atoms with E-state index in [2.05, 4.69) is 10.3 Å². The lowest BCUT2D eigenvalue weighted by atomic mass is 10.2. The van der Waals surface area contributed by atoms with Gasteiger partial charge in [-0.1, -0.05) is 11.6 Å². The Morgan fingerprint density at radius 2 is 2.30 bits per heavy atom. The molecule has 1 heterocycles. The number of imidazole rings is 1. The molecule has 2 aromatic rings. The maximum Gasteiger partial charge on any atom is 0.295 e. The van der Waals surface area contributed by atoms with Gasteiger partial charge in [0.05, 0.1) is 22.3 Å². The Hall–Kier alpha value is -2.15. The Morgan fingerprint density at radius 3 is 2.95 bits per heavy atom. The molecule has 0 spiro atoms. The number of benzene rings is 1. The monoisotopic (exact) mass is 298 g/mol. The standard InChI is InChI=1S/C12H12ClFN4O2/c13-9-6-11(12(18(19)20)7-10(9)14)16-2-1-4-17-5-3-15-8-17/h3,5-8,16H,1-2,4H2. The zero-order valence-electron chi connectivity index (χ0n) is 10.4. The quantitative estimate of drug-likeness (QED) is 0.505. The first-order valence-electron chi connectivity index (χ1n) is 5.91. The molecule has 20 heavy (non-hydrogen) atoms. The predicted octanol–water partition coefficient (Wildman–Crippen LogP) is 3.09.